The summed E-state index contributed by atoms with van der Waals surface area (Å²) in [7, 11) is 3.79. The van der Waals surface area contributed by atoms with E-state index in [1.54, 1.807) is 6.07 Å². The first-order chi connectivity index (χ1) is 10.6. The zero-order valence-corrected chi connectivity index (χ0v) is 12.8. The minimum absolute atomic E-state index is 0.217. The lowest BCUT2D eigenvalue weighted by atomic mass is 10.2. The third-order valence-electron chi connectivity index (χ3n) is 3.11. The number of benzene rings is 1. The largest absolute Gasteiger partial charge is 0.486 e. The van der Waals surface area contributed by atoms with E-state index in [2.05, 4.69) is 10.6 Å². The van der Waals surface area contributed by atoms with E-state index in [9.17, 15) is 9.59 Å². The van der Waals surface area contributed by atoms with Crippen molar-refractivity contribution in [3.8, 4) is 11.5 Å². The average molecular weight is 307 g/mol. The van der Waals surface area contributed by atoms with E-state index in [4.69, 9.17) is 9.47 Å². The van der Waals surface area contributed by atoms with Crippen LogP contribution in [0.15, 0.2) is 24.3 Å². The Labute approximate surface area is 129 Å². The van der Waals surface area contributed by atoms with Gasteiger partial charge in [-0.25, -0.2) is 0 Å². The molecule has 1 aliphatic heterocycles. The third-order valence-corrected chi connectivity index (χ3v) is 3.11. The van der Waals surface area contributed by atoms with Crippen molar-refractivity contribution in [3.05, 3.63) is 24.3 Å². The quantitative estimate of drug-likeness (QED) is 0.725. The number of carbonyl (C=O) groups is 2. The SMILES string of the molecule is CN(C)CCNC(=O)C(=O)NCC1COc2ccccc2O1. The van der Waals surface area contributed by atoms with E-state index < -0.39 is 11.8 Å². The number of rotatable bonds is 5. The molecule has 0 saturated heterocycles. The standard InChI is InChI=1S/C15H21N3O4/c1-18(2)8-7-16-14(19)15(20)17-9-11-10-21-12-5-3-4-6-13(12)22-11/h3-6,11H,7-10H2,1-2H3,(H,16,19)(H,17,20). The van der Waals surface area contributed by atoms with Crippen molar-refractivity contribution in [2.24, 2.45) is 0 Å². The molecule has 120 valence electrons. The summed E-state index contributed by atoms with van der Waals surface area (Å²) in [6.07, 6.45) is -0.312. The summed E-state index contributed by atoms with van der Waals surface area (Å²) in [6, 6.07) is 7.34. The first-order valence-electron chi connectivity index (χ1n) is 7.15. The third kappa shape index (κ3) is 4.63. The highest BCUT2D eigenvalue weighted by Gasteiger charge is 2.22. The maximum absolute atomic E-state index is 11.7. The van der Waals surface area contributed by atoms with Crippen molar-refractivity contribution in [1.82, 2.24) is 15.5 Å². The molecule has 1 atom stereocenters. The Hall–Kier alpha value is -2.28. The van der Waals surface area contributed by atoms with Crippen LogP contribution < -0.4 is 20.1 Å². The van der Waals surface area contributed by atoms with Gasteiger partial charge in [0.15, 0.2) is 11.5 Å². The highest BCUT2D eigenvalue weighted by molar-refractivity contribution is 6.35. The highest BCUT2D eigenvalue weighted by Crippen LogP contribution is 2.30. The summed E-state index contributed by atoms with van der Waals surface area (Å²) in [6.45, 7) is 1.65. The van der Waals surface area contributed by atoms with Crippen molar-refractivity contribution in [3.63, 3.8) is 0 Å². The van der Waals surface area contributed by atoms with Gasteiger partial charge in [0.1, 0.15) is 12.7 Å². The minimum Gasteiger partial charge on any atom is -0.486 e. The molecule has 2 N–H and O–H groups in total. The molecule has 2 rings (SSSR count). The van der Waals surface area contributed by atoms with Gasteiger partial charge in [0.05, 0.1) is 6.54 Å². The van der Waals surface area contributed by atoms with Gasteiger partial charge < -0.3 is 25.0 Å². The van der Waals surface area contributed by atoms with Crippen molar-refractivity contribution in [2.75, 3.05) is 40.3 Å². The summed E-state index contributed by atoms with van der Waals surface area (Å²) in [4.78, 5) is 25.2. The first kappa shape index (κ1) is 16.1. The van der Waals surface area contributed by atoms with Crippen molar-refractivity contribution >= 4 is 11.8 Å². The van der Waals surface area contributed by atoms with Crippen LogP contribution in [0.5, 0.6) is 11.5 Å². The van der Waals surface area contributed by atoms with Gasteiger partial charge in [0.2, 0.25) is 0 Å². The number of nitrogens with one attached hydrogen (secondary N) is 2. The molecule has 0 aromatic heterocycles. The second kappa shape index (κ2) is 7.65. The number of amides is 2. The molecular weight excluding hydrogens is 286 g/mol. The summed E-state index contributed by atoms with van der Waals surface area (Å²) in [5, 5.41) is 5.10. The molecule has 1 unspecified atom stereocenters. The maximum atomic E-state index is 11.7. The lowest BCUT2D eigenvalue weighted by molar-refractivity contribution is -0.139. The number of hydrogen-bond acceptors (Lipinski definition) is 5. The molecular formula is C15H21N3O4. The fourth-order valence-corrected chi connectivity index (χ4v) is 1.92. The van der Waals surface area contributed by atoms with Crippen LogP contribution in [0.25, 0.3) is 0 Å². The van der Waals surface area contributed by atoms with Gasteiger partial charge in [0.25, 0.3) is 0 Å². The molecule has 0 bridgehead atoms. The fraction of sp³-hybridized carbons (Fsp3) is 0.467. The Morgan fingerprint density at radius 1 is 1.18 bits per heavy atom. The van der Waals surface area contributed by atoms with Crippen LogP contribution in [0.1, 0.15) is 0 Å². The van der Waals surface area contributed by atoms with Crippen molar-refractivity contribution < 1.29 is 19.1 Å². The Balaban J connectivity index is 1.72. The maximum Gasteiger partial charge on any atom is 0.309 e. The van der Waals surface area contributed by atoms with E-state index in [-0.39, 0.29) is 12.6 Å². The van der Waals surface area contributed by atoms with Gasteiger partial charge in [-0.1, -0.05) is 12.1 Å². The zero-order chi connectivity index (χ0) is 15.9. The second-order valence-corrected chi connectivity index (χ2v) is 5.27. The normalized spacial score (nSPS) is 16.2. The summed E-state index contributed by atoms with van der Waals surface area (Å²) >= 11 is 0. The van der Waals surface area contributed by atoms with Crippen LogP contribution in [-0.2, 0) is 9.59 Å². The smallest absolute Gasteiger partial charge is 0.309 e. The van der Waals surface area contributed by atoms with Gasteiger partial charge in [-0.3, -0.25) is 9.59 Å². The second-order valence-electron chi connectivity index (χ2n) is 5.27. The Bertz CT molecular complexity index is 533. The number of carbonyl (C=O) groups excluding carboxylic acids is 2. The fourth-order valence-electron chi connectivity index (χ4n) is 1.92. The lowest BCUT2D eigenvalue weighted by Gasteiger charge is -2.26. The van der Waals surface area contributed by atoms with Crippen LogP contribution in [0.2, 0.25) is 0 Å². The Morgan fingerprint density at radius 3 is 2.59 bits per heavy atom. The summed E-state index contributed by atoms with van der Waals surface area (Å²) in [5.74, 6) is 0.0233. The number of para-hydroxylation sites is 2. The van der Waals surface area contributed by atoms with Crippen molar-refractivity contribution in [1.29, 1.82) is 0 Å². The van der Waals surface area contributed by atoms with Gasteiger partial charge in [0, 0.05) is 13.1 Å². The van der Waals surface area contributed by atoms with Gasteiger partial charge in [-0.2, -0.15) is 0 Å². The van der Waals surface area contributed by atoms with Crippen LogP contribution >= 0.6 is 0 Å². The number of fused-ring (bicyclic) bond motifs is 1. The number of hydrogen-bond donors (Lipinski definition) is 2. The number of likely N-dealkylation sites (N-methyl/N-ethyl adjacent to an activating group) is 1. The molecule has 1 aliphatic rings. The topological polar surface area (TPSA) is 79.9 Å². The molecule has 0 aliphatic carbocycles. The Kier molecular flexibility index (Phi) is 5.60. The van der Waals surface area contributed by atoms with Crippen LogP contribution in [-0.4, -0.2) is 63.2 Å². The minimum atomic E-state index is -0.666. The molecule has 0 radical (unpaired) electrons. The molecule has 0 saturated carbocycles. The van der Waals surface area contributed by atoms with E-state index >= 15 is 0 Å². The molecule has 2 amide bonds. The monoisotopic (exact) mass is 307 g/mol. The molecule has 22 heavy (non-hydrogen) atoms. The Morgan fingerprint density at radius 2 is 1.86 bits per heavy atom. The summed E-state index contributed by atoms with van der Waals surface area (Å²) < 4.78 is 11.2. The lowest BCUT2D eigenvalue weighted by Crippen LogP contribution is -2.46. The summed E-state index contributed by atoms with van der Waals surface area (Å²) in [5.41, 5.74) is 0. The molecule has 1 aromatic rings. The van der Waals surface area contributed by atoms with Gasteiger partial charge >= 0.3 is 11.8 Å². The molecule has 0 fully saturated rings. The van der Waals surface area contributed by atoms with Crippen molar-refractivity contribution in [2.45, 2.75) is 6.10 Å². The highest BCUT2D eigenvalue weighted by atomic mass is 16.6. The zero-order valence-electron chi connectivity index (χ0n) is 12.8. The first-order valence-corrected chi connectivity index (χ1v) is 7.15. The van der Waals surface area contributed by atoms with Crippen LogP contribution in [0, 0.1) is 0 Å². The van der Waals surface area contributed by atoms with Gasteiger partial charge in [-0.15, -0.1) is 0 Å². The van der Waals surface area contributed by atoms with Crippen LogP contribution in [0.4, 0.5) is 0 Å². The number of ether oxygens (including phenoxy) is 2. The number of nitrogens with zero attached hydrogens (tertiary/aromatic N) is 1. The van der Waals surface area contributed by atoms with Crippen LogP contribution in [0.3, 0.4) is 0 Å². The molecule has 1 heterocycles. The predicted molar refractivity (Wildman–Crippen MR) is 80.9 cm³/mol. The molecule has 7 nitrogen and oxygen atoms in total. The van der Waals surface area contributed by atoms with E-state index in [0.29, 0.717) is 31.2 Å². The molecule has 7 heteroatoms. The van der Waals surface area contributed by atoms with E-state index in [1.165, 1.54) is 0 Å². The average Bonchev–Trinajstić information content (AvgIpc) is 2.51. The molecule has 1 aromatic carbocycles. The predicted octanol–water partition coefficient (Wildman–Crippen LogP) is -0.380. The van der Waals surface area contributed by atoms with E-state index in [0.717, 1.165) is 0 Å². The van der Waals surface area contributed by atoms with Gasteiger partial charge in [-0.05, 0) is 26.2 Å². The molecule has 0 spiro atoms. The van der Waals surface area contributed by atoms with E-state index in [1.807, 2.05) is 37.2 Å².